The Labute approximate surface area is 135 Å². The van der Waals surface area contributed by atoms with Gasteiger partial charge >= 0.3 is 8.56 Å². The predicted octanol–water partition coefficient (Wildman–Crippen LogP) is 3.58. The molecule has 4 nitrogen and oxygen atoms in total. The van der Waals surface area contributed by atoms with Gasteiger partial charge in [0.05, 0.1) is 6.04 Å². The summed E-state index contributed by atoms with van der Waals surface area (Å²) in [6.07, 6.45) is 3.51. The maximum atomic E-state index is 5.93. The van der Waals surface area contributed by atoms with Gasteiger partial charge in [0, 0.05) is 27.0 Å². The topological polar surface area (TPSA) is 39.7 Å². The summed E-state index contributed by atoms with van der Waals surface area (Å²) in [5.74, 6) is 0.629. The van der Waals surface area contributed by atoms with Crippen molar-refractivity contribution in [2.75, 3.05) is 26.6 Å². The predicted molar refractivity (Wildman–Crippen MR) is 92.2 cm³/mol. The lowest BCUT2D eigenvalue weighted by molar-refractivity contribution is 0.0618. The fourth-order valence-electron chi connectivity index (χ4n) is 3.73. The van der Waals surface area contributed by atoms with Crippen molar-refractivity contribution in [3.8, 4) is 0 Å². The molecule has 0 saturated carbocycles. The zero-order chi connectivity index (χ0) is 16.0. The molecule has 0 bridgehead atoms. The van der Waals surface area contributed by atoms with Crippen molar-refractivity contribution in [2.24, 2.45) is 5.92 Å². The van der Waals surface area contributed by atoms with E-state index in [0.29, 0.717) is 5.92 Å². The molecule has 22 heavy (non-hydrogen) atoms. The standard InChI is InChI=1S/C17H29NO3Si/c1-5-9-14-12-16(18-15-10-7-6-8-11-15)17(19-2)22(13-14,20-3)21-4/h6-8,10-11,14,16-18H,5,9,12-13H2,1-4H3. The molecule has 0 radical (unpaired) electrons. The van der Waals surface area contributed by atoms with Crippen LogP contribution in [0, 0.1) is 5.92 Å². The van der Waals surface area contributed by atoms with E-state index in [2.05, 4.69) is 24.4 Å². The molecule has 1 heterocycles. The number of methoxy groups -OCH3 is 1. The molecule has 2 rings (SSSR count). The van der Waals surface area contributed by atoms with Crippen LogP contribution in [0.3, 0.4) is 0 Å². The summed E-state index contributed by atoms with van der Waals surface area (Å²) in [5.41, 5.74) is 1.12. The van der Waals surface area contributed by atoms with Crippen LogP contribution in [0.15, 0.2) is 30.3 Å². The summed E-state index contributed by atoms with van der Waals surface area (Å²) in [7, 11) is 2.95. The lowest BCUT2D eigenvalue weighted by Gasteiger charge is -2.46. The van der Waals surface area contributed by atoms with E-state index in [1.54, 1.807) is 21.3 Å². The summed E-state index contributed by atoms with van der Waals surface area (Å²) in [6, 6.07) is 11.6. The van der Waals surface area contributed by atoms with Gasteiger partial charge in [-0.1, -0.05) is 38.0 Å². The van der Waals surface area contributed by atoms with Gasteiger partial charge in [-0.15, -0.1) is 0 Å². The highest BCUT2D eigenvalue weighted by molar-refractivity contribution is 6.69. The molecule has 3 atom stereocenters. The van der Waals surface area contributed by atoms with E-state index in [0.717, 1.165) is 18.2 Å². The first-order chi connectivity index (χ1) is 10.7. The molecule has 1 saturated heterocycles. The first-order valence-electron chi connectivity index (χ1n) is 8.13. The van der Waals surface area contributed by atoms with Gasteiger partial charge in [-0.05, 0) is 30.5 Å². The largest absolute Gasteiger partial charge is 0.396 e. The second-order valence-corrected chi connectivity index (χ2v) is 9.51. The van der Waals surface area contributed by atoms with Crippen molar-refractivity contribution in [1.29, 1.82) is 0 Å². The average molecular weight is 324 g/mol. The van der Waals surface area contributed by atoms with Gasteiger partial charge in [0.1, 0.15) is 5.73 Å². The highest BCUT2D eigenvalue weighted by Gasteiger charge is 2.54. The zero-order valence-electron chi connectivity index (χ0n) is 14.2. The Kier molecular flexibility index (Phi) is 6.44. The summed E-state index contributed by atoms with van der Waals surface area (Å²) in [4.78, 5) is 0. The number of hydrogen-bond donors (Lipinski definition) is 1. The van der Waals surface area contributed by atoms with Crippen molar-refractivity contribution >= 4 is 14.2 Å². The van der Waals surface area contributed by atoms with Crippen LogP contribution >= 0.6 is 0 Å². The molecule has 0 aromatic heterocycles. The Morgan fingerprint density at radius 1 is 1.14 bits per heavy atom. The van der Waals surface area contributed by atoms with Gasteiger partial charge in [-0.2, -0.15) is 0 Å². The maximum absolute atomic E-state index is 5.93. The van der Waals surface area contributed by atoms with E-state index in [1.807, 2.05) is 18.2 Å². The highest BCUT2D eigenvalue weighted by atomic mass is 28.4. The van der Waals surface area contributed by atoms with Gasteiger partial charge in [0.2, 0.25) is 0 Å². The first-order valence-corrected chi connectivity index (χ1v) is 10.2. The van der Waals surface area contributed by atoms with Gasteiger partial charge in [0.25, 0.3) is 0 Å². The molecular weight excluding hydrogens is 294 g/mol. The molecule has 0 spiro atoms. The summed E-state index contributed by atoms with van der Waals surface area (Å²) in [5, 5.41) is 3.64. The zero-order valence-corrected chi connectivity index (χ0v) is 15.2. The number of para-hydroxylation sites is 1. The van der Waals surface area contributed by atoms with Crippen LogP contribution in [-0.2, 0) is 13.6 Å². The Balaban J connectivity index is 2.23. The number of ether oxygens (including phenoxy) is 1. The smallest absolute Gasteiger partial charge is 0.369 e. The lowest BCUT2D eigenvalue weighted by Crippen LogP contribution is -2.64. The van der Waals surface area contributed by atoms with Crippen LogP contribution in [0.25, 0.3) is 0 Å². The monoisotopic (exact) mass is 323 g/mol. The van der Waals surface area contributed by atoms with E-state index < -0.39 is 8.56 Å². The Morgan fingerprint density at radius 3 is 2.36 bits per heavy atom. The fraction of sp³-hybridized carbons (Fsp3) is 0.647. The molecule has 5 heteroatoms. The number of hydrogen-bond acceptors (Lipinski definition) is 4. The van der Waals surface area contributed by atoms with Crippen molar-refractivity contribution in [3.05, 3.63) is 30.3 Å². The molecule has 1 N–H and O–H groups in total. The van der Waals surface area contributed by atoms with E-state index >= 15 is 0 Å². The SMILES string of the molecule is CCCC1CC(Nc2ccccc2)C(OC)[Si](OC)(OC)C1. The van der Waals surface area contributed by atoms with E-state index in [4.69, 9.17) is 13.6 Å². The number of benzene rings is 1. The fourth-order valence-corrected chi connectivity index (χ4v) is 7.29. The molecular formula is C17H29NO3Si. The highest BCUT2D eigenvalue weighted by Crippen LogP contribution is 2.38. The van der Waals surface area contributed by atoms with Crippen LogP contribution in [0.5, 0.6) is 0 Å². The van der Waals surface area contributed by atoms with Gasteiger partial charge < -0.3 is 18.9 Å². The summed E-state index contributed by atoms with van der Waals surface area (Å²) < 4.78 is 17.7. The Bertz CT molecular complexity index is 439. The van der Waals surface area contributed by atoms with E-state index in [1.165, 1.54) is 12.8 Å². The summed E-state index contributed by atoms with van der Waals surface area (Å²) >= 11 is 0. The maximum Gasteiger partial charge on any atom is 0.369 e. The van der Waals surface area contributed by atoms with Gasteiger partial charge in [-0.3, -0.25) is 0 Å². The molecule has 1 aromatic rings. The quantitative estimate of drug-likeness (QED) is 0.779. The molecule has 1 aliphatic heterocycles. The number of rotatable bonds is 7. The Hall–Kier alpha value is -0.883. The van der Waals surface area contributed by atoms with E-state index in [-0.39, 0.29) is 11.8 Å². The first kappa shape index (κ1) is 17.5. The normalized spacial score (nSPS) is 27.5. The minimum atomic E-state index is -2.36. The second-order valence-electron chi connectivity index (χ2n) is 6.09. The summed E-state index contributed by atoms with van der Waals surface area (Å²) in [6.45, 7) is 2.24. The van der Waals surface area contributed by atoms with Crippen LogP contribution in [0.2, 0.25) is 6.04 Å². The van der Waals surface area contributed by atoms with Crippen molar-refractivity contribution < 1.29 is 13.6 Å². The third kappa shape index (κ3) is 3.71. The Morgan fingerprint density at radius 2 is 1.82 bits per heavy atom. The van der Waals surface area contributed by atoms with Crippen molar-refractivity contribution in [1.82, 2.24) is 0 Å². The van der Waals surface area contributed by atoms with Crippen LogP contribution in [-0.4, -0.2) is 41.7 Å². The molecule has 0 amide bonds. The molecule has 1 aliphatic rings. The third-order valence-corrected chi connectivity index (χ3v) is 8.76. The van der Waals surface area contributed by atoms with E-state index in [9.17, 15) is 0 Å². The van der Waals surface area contributed by atoms with Crippen molar-refractivity contribution in [2.45, 2.75) is 44.0 Å². The molecule has 0 aliphatic carbocycles. The number of nitrogens with one attached hydrogen (secondary N) is 1. The average Bonchev–Trinajstić information content (AvgIpc) is 2.55. The van der Waals surface area contributed by atoms with Crippen LogP contribution in [0.4, 0.5) is 5.69 Å². The molecule has 124 valence electrons. The minimum Gasteiger partial charge on any atom is -0.396 e. The lowest BCUT2D eigenvalue weighted by atomic mass is 9.96. The minimum absolute atomic E-state index is 0.00388. The molecule has 1 aromatic carbocycles. The van der Waals surface area contributed by atoms with Crippen molar-refractivity contribution in [3.63, 3.8) is 0 Å². The molecule has 3 unspecified atom stereocenters. The van der Waals surface area contributed by atoms with Gasteiger partial charge in [0.15, 0.2) is 0 Å². The van der Waals surface area contributed by atoms with Crippen LogP contribution < -0.4 is 5.32 Å². The third-order valence-electron chi connectivity index (χ3n) is 4.73. The second kappa shape index (κ2) is 8.11. The molecule has 1 fully saturated rings. The van der Waals surface area contributed by atoms with Gasteiger partial charge in [-0.25, -0.2) is 0 Å². The van der Waals surface area contributed by atoms with Crippen LogP contribution in [0.1, 0.15) is 26.2 Å². The number of anilines is 1.